The molecule has 3 unspecified atom stereocenters. The Morgan fingerprint density at radius 2 is 1.92 bits per heavy atom. The van der Waals surface area contributed by atoms with E-state index in [1.165, 1.54) is 0 Å². The standard InChI is InChI=1S/C28H32ClN5O3S/c29-22-7-9-23(10-8-22)37-17-18-2-1-13-34(16-18)28(38(35)36)20-5-3-19(4-6-20)26-25-21(15-32-33-26)14-31-27-24(25)11-12-30-27/h7-12,14-15,18-20,28,33H,1-6,13,16-17H2,(H,35,36). The summed E-state index contributed by atoms with van der Waals surface area (Å²) in [7, 11) is 0. The molecule has 38 heavy (non-hydrogen) atoms. The van der Waals surface area contributed by atoms with Crippen molar-refractivity contribution in [1.29, 1.82) is 0 Å². The van der Waals surface area contributed by atoms with Crippen molar-refractivity contribution in [3.05, 3.63) is 59.6 Å². The van der Waals surface area contributed by atoms with Gasteiger partial charge >= 0.3 is 0 Å². The third-order valence-electron chi connectivity index (χ3n) is 8.22. The van der Waals surface area contributed by atoms with E-state index < -0.39 is 11.1 Å². The predicted octanol–water partition coefficient (Wildman–Crippen LogP) is 5.77. The Morgan fingerprint density at radius 1 is 1.11 bits per heavy atom. The van der Waals surface area contributed by atoms with E-state index in [1.54, 1.807) is 6.20 Å². The molecule has 200 valence electrons. The molecule has 0 spiro atoms. The van der Waals surface area contributed by atoms with Gasteiger partial charge in [0, 0.05) is 57.6 Å². The van der Waals surface area contributed by atoms with Crippen LogP contribution in [0, 0.1) is 11.8 Å². The Bertz CT molecular complexity index is 1420. The number of hydrogen-bond acceptors (Lipinski definition) is 6. The fourth-order valence-corrected chi connectivity index (χ4v) is 7.56. The van der Waals surface area contributed by atoms with Crippen LogP contribution in [0.3, 0.4) is 0 Å². The Hall–Kier alpha value is -2.59. The van der Waals surface area contributed by atoms with E-state index >= 15 is 0 Å². The molecule has 3 atom stereocenters. The van der Waals surface area contributed by atoms with Gasteiger partial charge in [0.05, 0.1) is 12.8 Å². The van der Waals surface area contributed by atoms with Crippen LogP contribution >= 0.6 is 11.6 Å². The first-order valence-corrected chi connectivity index (χ1v) is 14.9. The minimum absolute atomic E-state index is 0.179. The number of likely N-dealkylation sites (tertiary alicyclic amines) is 1. The van der Waals surface area contributed by atoms with Crippen molar-refractivity contribution in [2.45, 2.75) is 49.8 Å². The van der Waals surface area contributed by atoms with Crippen molar-refractivity contribution in [3.8, 4) is 5.75 Å². The second kappa shape index (κ2) is 11.3. The van der Waals surface area contributed by atoms with E-state index in [0.717, 1.165) is 84.9 Å². The van der Waals surface area contributed by atoms with Crippen molar-refractivity contribution in [2.24, 2.45) is 11.8 Å². The summed E-state index contributed by atoms with van der Waals surface area (Å²) in [5.41, 5.74) is 1.88. The van der Waals surface area contributed by atoms with Crippen LogP contribution < -0.4 is 4.74 Å². The topological polar surface area (TPSA) is 104 Å². The molecule has 8 nitrogen and oxygen atoms in total. The fraction of sp³-hybridized carbons (Fsp3) is 0.464. The lowest BCUT2D eigenvalue weighted by atomic mass is 9.78. The number of aromatic nitrogens is 4. The SMILES string of the molecule is O=S(O)C(C1CCC(c2[nH]ncc3cnc4nccc4c23)CC1)N1CCCC(COc2ccc(Cl)cc2)C1. The average Bonchev–Trinajstić information content (AvgIpc) is 3.42. The zero-order valence-electron chi connectivity index (χ0n) is 21.1. The molecule has 1 aromatic carbocycles. The lowest BCUT2D eigenvalue weighted by Crippen LogP contribution is -2.49. The molecule has 1 saturated heterocycles. The van der Waals surface area contributed by atoms with Gasteiger partial charge in [0.1, 0.15) is 11.1 Å². The fourth-order valence-electron chi connectivity index (χ4n) is 6.39. The molecule has 10 heteroatoms. The number of pyridine rings is 1. The third kappa shape index (κ3) is 5.30. The second-order valence-electron chi connectivity index (χ2n) is 10.6. The van der Waals surface area contributed by atoms with Gasteiger partial charge in [0.2, 0.25) is 0 Å². The zero-order chi connectivity index (χ0) is 26.1. The van der Waals surface area contributed by atoms with Gasteiger partial charge in [-0.1, -0.05) is 11.6 Å². The van der Waals surface area contributed by atoms with Crippen LogP contribution in [0.15, 0.2) is 48.9 Å². The first kappa shape index (κ1) is 25.7. The number of ether oxygens (including phenoxy) is 1. The van der Waals surface area contributed by atoms with Gasteiger partial charge in [-0.3, -0.25) is 10.00 Å². The molecule has 0 radical (unpaired) electrons. The van der Waals surface area contributed by atoms with Gasteiger partial charge in [-0.05, 0) is 81.3 Å². The second-order valence-corrected chi connectivity index (χ2v) is 12.1. The molecule has 4 heterocycles. The van der Waals surface area contributed by atoms with Gasteiger partial charge in [-0.2, -0.15) is 5.10 Å². The molecule has 0 bridgehead atoms. The van der Waals surface area contributed by atoms with Crippen LogP contribution in [0.1, 0.15) is 50.1 Å². The van der Waals surface area contributed by atoms with E-state index in [9.17, 15) is 8.76 Å². The number of halogens is 1. The number of piperidine rings is 1. The summed E-state index contributed by atoms with van der Waals surface area (Å²) in [6.07, 6.45) is 11.2. The molecule has 3 aromatic heterocycles. The molecule has 6 rings (SSSR count). The quantitative estimate of drug-likeness (QED) is 0.280. The van der Waals surface area contributed by atoms with Crippen LogP contribution in [0.4, 0.5) is 0 Å². The van der Waals surface area contributed by atoms with E-state index in [4.69, 9.17) is 16.3 Å². The molecule has 2 N–H and O–H groups in total. The molecule has 2 aliphatic rings. The van der Waals surface area contributed by atoms with Crippen LogP contribution in [0.25, 0.3) is 21.8 Å². The summed E-state index contributed by atoms with van der Waals surface area (Å²) in [6, 6.07) is 9.43. The highest BCUT2D eigenvalue weighted by atomic mass is 35.5. The summed E-state index contributed by atoms with van der Waals surface area (Å²) in [4.78, 5) is 11.1. The number of rotatable bonds is 7. The number of benzene rings is 1. The Kier molecular flexibility index (Phi) is 7.61. The van der Waals surface area contributed by atoms with Gasteiger partial charge < -0.3 is 9.29 Å². The van der Waals surface area contributed by atoms with Gasteiger partial charge in [-0.15, -0.1) is 0 Å². The average molecular weight is 554 g/mol. The lowest BCUT2D eigenvalue weighted by Gasteiger charge is -2.42. The molecule has 2 fully saturated rings. The lowest BCUT2D eigenvalue weighted by molar-refractivity contribution is 0.0877. The van der Waals surface area contributed by atoms with E-state index in [1.807, 2.05) is 42.7 Å². The van der Waals surface area contributed by atoms with Crippen LogP contribution in [-0.2, 0) is 11.1 Å². The van der Waals surface area contributed by atoms with Gasteiger partial charge in [0.25, 0.3) is 0 Å². The minimum Gasteiger partial charge on any atom is -0.493 e. The number of fused-ring (bicyclic) bond motifs is 3. The van der Waals surface area contributed by atoms with Crippen LogP contribution in [0.5, 0.6) is 5.75 Å². The zero-order valence-corrected chi connectivity index (χ0v) is 22.7. The van der Waals surface area contributed by atoms with Crippen molar-refractivity contribution in [1.82, 2.24) is 25.1 Å². The highest BCUT2D eigenvalue weighted by Crippen LogP contribution is 2.41. The number of nitrogens with one attached hydrogen (secondary N) is 1. The predicted molar refractivity (Wildman–Crippen MR) is 150 cm³/mol. The van der Waals surface area contributed by atoms with Gasteiger partial charge in [-0.25, -0.2) is 14.2 Å². The summed E-state index contributed by atoms with van der Waals surface area (Å²) in [5.74, 6) is 1.63. The third-order valence-corrected chi connectivity index (χ3v) is 9.57. The maximum absolute atomic E-state index is 12.7. The molecular formula is C28H32ClN5O3S. The van der Waals surface area contributed by atoms with Crippen molar-refractivity contribution in [3.63, 3.8) is 0 Å². The van der Waals surface area contributed by atoms with Crippen LogP contribution in [-0.4, -0.2) is 58.9 Å². The largest absolute Gasteiger partial charge is 0.493 e. The van der Waals surface area contributed by atoms with Crippen LogP contribution in [0.2, 0.25) is 5.02 Å². The highest BCUT2D eigenvalue weighted by Gasteiger charge is 2.38. The first-order chi connectivity index (χ1) is 18.6. The Morgan fingerprint density at radius 3 is 2.71 bits per heavy atom. The molecule has 1 aliphatic carbocycles. The summed E-state index contributed by atoms with van der Waals surface area (Å²) in [6.45, 7) is 2.23. The normalized spacial score (nSPS) is 24.4. The first-order valence-electron chi connectivity index (χ1n) is 13.4. The summed E-state index contributed by atoms with van der Waals surface area (Å²) >= 11 is 4.07. The maximum Gasteiger partial charge on any atom is 0.171 e. The molecule has 1 aliphatic heterocycles. The minimum atomic E-state index is -1.91. The van der Waals surface area contributed by atoms with Gasteiger partial charge in [0.15, 0.2) is 16.7 Å². The number of nitrogens with zero attached hydrogens (tertiary/aromatic N) is 4. The van der Waals surface area contributed by atoms with E-state index in [2.05, 4.69) is 25.1 Å². The Labute approximate surface area is 229 Å². The highest BCUT2D eigenvalue weighted by molar-refractivity contribution is 7.79. The van der Waals surface area contributed by atoms with Crippen molar-refractivity contribution in [2.75, 3.05) is 19.7 Å². The monoisotopic (exact) mass is 553 g/mol. The van der Waals surface area contributed by atoms with Crippen molar-refractivity contribution < 1.29 is 13.5 Å². The summed E-state index contributed by atoms with van der Waals surface area (Å²) in [5, 5.41) is 11.2. The molecule has 1 saturated carbocycles. The van der Waals surface area contributed by atoms with Crippen molar-refractivity contribution >= 4 is 44.5 Å². The molecule has 4 aromatic rings. The smallest absolute Gasteiger partial charge is 0.171 e. The maximum atomic E-state index is 12.7. The number of H-pyrrole nitrogens is 1. The molecular weight excluding hydrogens is 522 g/mol. The number of hydrogen-bond donors (Lipinski definition) is 2. The van der Waals surface area contributed by atoms with E-state index in [-0.39, 0.29) is 11.3 Å². The Balaban J connectivity index is 1.13. The van der Waals surface area contributed by atoms with E-state index in [0.29, 0.717) is 23.5 Å². The molecule has 0 amide bonds. The number of aromatic amines is 1. The summed E-state index contributed by atoms with van der Waals surface area (Å²) < 4.78 is 29.1.